The zero-order chi connectivity index (χ0) is 54.5. The maximum absolute atomic E-state index is 13.2. The van der Waals surface area contributed by atoms with Crippen LogP contribution in [0.15, 0.2) is 61.2 Å². The van der Waals surface area contributed by atoms with E-state index in [9.17, 15) is 39.3 Å². The first kappa shape index (κ1) is 56.5. The minimum Gasteiger partial charge on any atom is -0.508 e. The second-order valence-electron chi connectivity index (χ2n) is 20.5. The van der Waals surface area contributed by atoms with Crippen molar-refractivity contribution in [3.63, 3.8) is 0 Å². The van der Waals surface area contributed by atoms with Crippen LogP contribution in [0.2, 0.25) is 0 Å². The van der Waals surface area contributed by atoms with Gasteiger partial charge >= 0.3 is 6.09 Å². The number of anilines is 2. The van der Waals surface area contributed by atoms with E-state index in [1.54, 1.807) is 58.9 Å². The Labute approximate surface area is 442 Å². The summed E-state index contributed by atoms with van der Waals surface area (Å²) >= 11 is 0. The van der Waals surface area contributed by atoms with E-state index in [1.165, 1.54) is 24.7 Å². The first-order valence-electron chi connectivity index (χ1n) is 25.7. The lowest BCUT2D eigenvalue weighted by molar-refractivity contribution is -0.130. The summed E-state index contributed by atoms with van der Waals surface area (Å²) in [4.78, 5) is 83.6. The summed E-state index contributed by atoms with van der Waals surface area (Å²) < 4.78 is 16.2. The molecule has 2 aromatic heterocycles. The molecule has 76 heavy (non-hydrogen) atoms. The van der Waals surface area contributed by atoms with Gasteiger partial charge in [-0.15, -0.1) is 0 Å². The molecule has 2 aromatic carbocycles. The Kier molecular flexibility index (Phi) is 19.4. The Morgan fingerprint density at radius 1 is 0.711 bits per heavy atom. The number of carbonyl (C=O) groups excluding carboxylic acids is 5. The number of aliphatic hydroxyl groups excluding tert-OH is 2. The molecular weight excluding hydrogens is 981 g/mol. The molecule has 8 rings (SSSR count). The third kappa shape index (κ3) is 15.9. The van der Waals surface area contributed by atoms with Gasteiger partial charge in [0.05, 0.1) is 18.2 Å². The first-order chi connectivity index (χ1) is 36.3. The smallest absolute Gasteiger partial charge is 0.410 e. The first-order valence-corrected chi connectivity index (χ1v) is 25.7. The van der Waals surface area contributed by atoms with E-state index < -0.39 is 35.9 Å². The molecule has 0 radical (unpaired) electrons. The molecule has 0 unspecified atom stereocenters. The van der Waals surface area contributed by atoms with Gasteiger partial charge in [0.25, 0.3) is 11.8 Å². The van der Waals surface area contributed by atoms with E-state index in [4.69, 9.17) is 14.2 Å². The highest BCUT2D eigenvalue weighted by molar-refractivity contribution is 5.93. The van der Waals surface area contributed by atoms with E-state index in [1.807, 2.05) is 34.1 Å². The van der Waals surface area contributed by atoms with E-state index in [2.05, 4.69) is 46.5 Å². The van der Waals surface area contributed by atoms with Crippen molar-refractivity contribution in [3.8, 4) is 11.5 Å². The Morgan fingerprint density at radius 3 is 1.79 bits per heavy atom. The zero-order valence-electron chi connectivity index (χ0n) is 44.1. The van der Waals surface area contributed by atoms with E-state index in [-0.39, 0.29) is 79.4 Å². The zero-order valence-corrected chi connectivity index (χ0v) is 44.1. The Balaban J connectivity index is 0.000000229. The van der Waals surface area contributed by atoms with Crippen LogP contribution in [0.4, 0.5) is 16.4 Å². The molecule has 5 amide bonds. The van der Waals surface area contributed by atoms with Crippen LogP contribution < -0.4 is 31.3 Å². The molecule has 2 fully saturated rings. The number of likely N-dealkylation sites (tertiary alicyclic amines) is 2. The van der Waals surface area contributed by atoms with Gasteiger partial charge in [0.15, 0.2) is 6.79 Å². The summed E-state index contributed by atoms with van der Waals surface area (Å²) in [6, 6.07) is 13.4. The van der Waals surface area contributed by atoms with Crippen LogP contribution in [-0.2, 0) is 45.0 Å². The second-order valence-corrected chi connectivity index (χ2v) is 20.5. The number of phenolic OH excluding ortho intramolecular Hbond substituents is 1. The van der Waals surface area contributed by atoms with Crippen molar-refractivity contribution >= 4 is 41.4 Å². The predicted molar refractivity (Wildman–Crippen MR) is 279 cm³/mol. The van der Waals surface area contributed by atoms with E-state index in [0.29, 0.717) is 63.0 Å². The van der Waals surface area contributed by atoms with E-state index >= 15 is 0 Å². The van der Waals surface area contributed by atoms with Crippen molar-refractivity contribution in [1.29, 1.82) is 0 Å². The van der Waals surface area contributed by atoms with Crippen molar-refractivity contribution in [2.75, 3.05) is 63.8 Å². The molecule has 4 aliphatic heterocycles. The van der Waals surface area contributed by atoms with Crippen LogP contribution in [0.3, 0.4) is 0 Å². The lowest BCUT2D eigenvalue weighted by Crippen LogP contribution is -2.54. The monoisotopic (exact) mass is 1050 g/mol. The van der Waals surface area contributed by atoms with Crippen LogP contribution in [0.25, 0.3) is 0 Å². The number of hydrogen-bond donors (Lipinski definition) is 8. The van der Waals surface area contributed by atoms with Crippen LogP contribution in [0, 0.1) is 0 Å². The van der Waals surface area contributed by atoms with Gasteiger partial charge < -0.3 is 65.9 Å². The fourth-order valence-electron chi connectivity index (χ4n) is 9.53. The lowest BCUT2D eigenvalue weighted by atomic mass is 9.91. The topological polar surface area (TPSA) is 295 Å². The molecule has 23 heteroatoms. The van der Waals surface area contributed by atoms with Gasteiger partial charge in [0.2, 0.25) is 11.8 Å². The quantitative estimate of drug-likeness (QED) is 0.0794. The number of phenols is 1. The fourth-order valence-corrected chi connectivity index (χ4v) is 9.53. The molecule has 6 heterocycles. The third-order valence-corrected chi connectivity index (χ3v) is 13.7. The van der Waals surface area contributed by atoms with Crippen molar-refractivity contribution in [2.45, 2.75) is 128 Å². The van der Waals surface area contributed by atoms with Crippen molar-refractivity contribution in [1.82, 2.24) is 50.6 Å². The average Bonchev–Trinajstić information content (AvgIpc) is 3.40. The summed E-state index contributed by atoms with van der Waals surface area (Å²) in [5.74, 6) is 1.20. The minimum atomic E-state index is -1.08. The Hall–Kier alpha value is -7.21. The number of benzene rings is 2. The van der Waals surface area contributed by atoms with Gasteiger partial charge in [-0.3, -0.25) is 24.1 Å². The lowest BCUT2D eigenvalue weighted by Gasteiger charge is -2.40. The Bertz CT molecular complexity index is 2660. The van der Waals surface area contributed by atoms with Gasteiger partial charge in [-0.2, -0.15) is 0 Å². The molecule has 4 atom stereocenters. The highest BCUT2D eigenvalue weighted by Gasteiger charge is 2.37. The number of rotatable bonds is 15. The number of aromatic nitrogens is 4. The molecule has 410 valence electrons. The van der Waals surface area contributed by atoms with Crippen molar-refractivity contribution in [2.24, 2.45) is 0 Å². The molecule has 0 spiro atoms. The Morgan fingerprint density at radius 2 is 1.25 bits per heavy atom. The average molecular weight is 1050 g/mol. The number of fused-ring (bicyclic) bond motifs is 2. The van der Waals surface area contributed by atoms with Gasteiger partial charge in [-0.1, -0.05) is 12.1 Å². The summed E-state index contributed by atoms with van der Waals surface area (Å²) in [6.07, 6.45) is 4.38. The number of nitrogens with zero attached hydrogens (tertiary/aromatic N) is 7. The largest absolute Gasteiger partial charge is 0.508 e. The molecule has 0 aliphatic carbocycles. The number of methoxy groups -OCH3 is 1. The maximum atomic E-state index is 13.2. The fraction of sp³-hybridized carbons (Fsp3) is 0.528. The highest BCUT2D eigenvalue weighted by atomic mass is 16.7. The molecule has 4 aromatic rings. The van der Waals surface area contributed by atoms with Gasteiger partial charge in [-0.05, 0) is 106 Å². The number of aromatic hydroxyl groups is 1. The summed E-state index contributed by atoms with van der Waals surface area (Å²) in [5.41, 5.74) is 3.55. The van der Waals surface area contributed by atoms with Crippen LogP contribution in [0.5, 0.6) is 11.5 Å². The molecule has 2 saturated heterocycles. The summed E-state index contributed by atoms with van der Waals surface area (Å²) in [5, 5.41) is 46.8. The molecular formula is C53H72N12O11. The van der Waals surface area contributed by atoms with Gasteiger partial charge in [0.1, 0.15) is 52.8 Å². The molecule has 4 aliphatic rings. The standard InChI is InChI=1S/C30H42N6O7.C23H30N6O4/c1-19(37)35-10-8-22(9-11-35)34-27-14-24(32-17-33-27)28(39)31-15-26(38)25-13-20-6-7-23(42-18-41-5)12-21(20)16-36(25)29(40)43-30(2,3)4;1-14(30)29-6-4-17(5-7-29)28-22-10-20(26-13-27-22)23(33)25-12-21(32)19-9-15-2-3-18(31)8-16(15)11-24-19/h6-7,12,14,17,22,25-26,38H,8-11,13,15-16,18H2,1-5H3,(H,31,39)(H,32,33,34);2-3,8,10,13,17,19,21,24,31-32H,4-7,9,11-12H2,1H3,(H,25,33)(H,26,27,28)/t25-,26+;19-,21+/m00/s1. The second kappa shape index (κ2) is 26.0. The van der Waals surface area contributed by atoms with Gasteiger partial charge in [-0.25, -0.2) is 24.7 Å². The predicted octanol–water partition coefficient (Wildman–Crippen LogP) is 2.75. The molecule has 23 nitrogen and oxygen atoms in total. The number of hydrogen-bond acceptors (Lipinski definition) is 18. The third-order valence-electron chi connectivity index (χ3n) is 13.7. The van der Waals surface area contributed by atoms with Crippen LogP contribution in [0.1, 0.15) is 104 Å². The normalized spacial score (nSPS) is 18.6. The molecule has 0 bridgehead atoms. The minimum absolute atomic E-state index is 0.0648. The van der Waals surface area contributed by atoms with Crippen LogP contribution in [-0.4, -0.2) is 175 Å². The highest BCUT2D eigenvalue weighted by Crippen LogP contribution is 2.30. The molecule has 0 saturated carbocycles. The molecule has 8 N–H and O–H groups in total. The summed E-state index contributed by atoms with van der Waals surface area (Å²) in [7, 11) is 1.54. The number of aliphatic hydroxyl groups is 2. The van der Waals surface area contributed by atoms with Crippen LogP contribution >= 0.6 is 0 Å². The number of piperidine rings is 2. The number of amides is 5. The maximum Gasteiger partial charge on any atom is 0.410 e. The summed E-state index contributed by atoms with van der Waals surface area (Å²) in [6.45, 7) is 12.0. The number of nitrogens with one attached hydrogen (secondary N) is 5. The van der Waals surface area contributed by atoms with Crippen molar-refractivity contribution in [3.05, 3.63) is 94.8 Å². The number of ether oxygens (including phenoxy) is 3. The number of carbonyl (C=O) groups is 5. The van der Waals surface area contributed by atoms with Gasteiger partial charge in [0, 0.05) is 104 Å². The SMILES string of the molecule is CC(=O)N1CCC(Nc2cc(C(=O)NC[C@@H](O)[C@@H]3Cc4ccc(O)cc4CN3)ncn2)CC1.COCOc1ccc2c(c1)CN(C(=O)OC(C)(C)C)[C@H]([C@H](O)CNC(=O)c1cc(NC3CCN(C(C)=O)CC3)ncn1)C2. The van der Waals surface area contributed by atoms with Crippen molar-refractivity contribution < 1.29 is 53.5 Å². The van der Waals surface area contributed by atoms with E-state index in [0.717, 1.165) is 47.9 Å².